The van der Waals surface area contributed by atoms with Crippen LogP contribution in [-0.2, 0) is 6.42 Å². The summed E-state index contributed by atoms with van der Waals surface area (Å²) in [7, 11) is 3.96. The van der Waals surface area contributed by atoms with E-state index in [1.54, 1.807) is 0 Å². The first kappa shape index (κ1) is 11.3. The predicted octanol–water partition coefficient (Wildman–Crippen LogP) is 1.08. The summed E-state index contributed by atoms with van der Waals surface area (Å²) in [5.41, 5.74) is 1.11. The summed E-state index contributed by atoms with van der Waals surface area (Å²) in [5, 5.41) is 11.9. The Labute approximate surface area is 97.1 Å². The molecule has 1 atom stereocenters. The molecule has 4 nitrogen and oxygen atoms in total. The highest BCUT2D eigenvalue weighted by Gasteiger charge is 2.14. The lowest BCUT2D eigenvalue weighted by molar-refractivity contribution is 0.373. The summed E-state index contributed by atoms with van der Waals surface area (Å²) in [6.45, 7) is 2.29. The highest BCUT2D eigenvalue weighted by molar-refractivity contribution is 5.34. The SMILES string of the molecule is CN(C)c1ccc(C[C@@H]2CCCNC2)nn1. The fraction of sp³-hybridized carbons (Fsp3) is 0.667. The smallest absolute Gasteiger partial charge is 0.150 e. The van der Waals surface area contributed by atoms with Gasteiger partial charge in [0, 0.05) is 14.1 Å². The lowest BCUT2D eigenvalue weighted by atomic mass is 9.95. The van der Waals surface area contributed by atoms with Crippen molar-refractivity contribution in [3.63, 3.8) is 0 Å². The summed E-state index contributed by atoms with van der Waals surface area (Å²) >= 11 is 0. The first-order valence-corrected chi connectivity index (χ1v) is 5.96. The highest BCUT2D eigenvalue weighted by Crippen LogP contribution is 2.15. The zero-order valence-electron chi connectivity index (χ0n) is 10.1. The van der Waals surface area contributed by atoms with Gasteiger partial charge in [-0.15, -0.1) is 5.10 Å². The molecule has 0 spiro atoms. The minimum absolute atomic E-state index is 0.730. The molecule has 1 aliphatic heterocycles. The first-order chi connectivity index (χ1) is 7.75. The zero-order valence-corrected chi connectivity index (χ0v) is 10.1. The van der Waals surface area contributed by atoms with Crippen molar-refractivity contribution < 1.29 is 0 Å². The van der Waals surface area contributed by atoms with E-state index in [0.717, 1.165) is 30.4 Å². The van der Waals surface area contributed by atoms with Crippen molar-refractivity contribution in [3.8, 4) is 0 Å². The Kier molecular flexibility index (Phi) is 3.72. The van der Waals surface area contributed by atoms with E-state index in [2.05, 4.69) is 21.6 Å². The number of rotatable bonds is 3. The highest BCUT2D eigenvalue weighted by atomic mass is 15.2. The molecule has 1 fully saturated rings. The number of nitrogens with zero attached hydrogens (tertiary/aromatic N) is 3. The van der Waals surface area contributed by atoms with Crippen LogP contribution in [0.2, 0.25) is 0 Å². The molecule has 16 heavy (non-hydrogen) atoms. The second kappa shape index (κ2) is 5.25. The van der Waals surface area contributed by atoms with Crippen LogP contribution in [0.1, 0.15) is 18.5 Å². The van der Waals surface area contributed by atoms with Crippen LogP contribution in [-0.4, -0.2) is 37.4 Å². The average Bonchev–Trinajstić information content (AvgIpc) is 2.31. The number of aromatic nitrogens is 2. The fourth-order valence-corrected chi connectivity index (χ4v) is 2.09. The summed E-state index contributed by atoms with van der Waals surface area (Å²) in [6, 6.07) is 4.13. The number of hydrogen-bond donors (Lipinski definition) is 1. The van der Waals surface area contributed by atoms with Gasteiger partial charge in [0.1, 0.15) is 0 Å². The van der Waals surface area contributed by atoms with Crippen LogP contribution in [0.3, 0.4) is 0 Å². The molecule has 0 aromatic carbocycles. The predicted molar refractivity (Wildman–Crippen MR) is 65.7 cm³/mol. The molecule has 0 unspecified atom stereocenters. The van der Waals surface area contributed by atoms with Crippen LogP contribution in [0.25, 0.3) is 0 Å². The molecule has 0 aliphatic carbocycles. The lowest BCUT2D eigenvalue weighted by Gasteiger charge is -2.22. The number of piperidine rings is 1. The summed E-state index contributed by atoms with van der Waals surface area (Å²) in [4.78, 5) is 1.97. The van der Waals surface area contributed by atoms with Crippen LogP contribution in [0, 0.1) is 5.92 Å². The third-order valence-corrected chi connectivity index (χ3v) is 3.06. The standard InChI is InChI=1S/C12H20N4/c1-16(2)12-6-5-11(14-15-12)8-10-4-3-7-13-9-10/h5-6,10,13H,3-4,7-9H2,1-2H3/t10-/m0/s1. The molecule has 2 heterocycles. The molecule has 0 saturated carbocycles. The van der Waals surface area contributed by atoms with Crippen molar-refractivity contribution in [3.05, 3.63) is 17.8 Å². The third kappa shape index (κ3) is 2.92. The monoisotopic (exact) mass is 220 g/mol. The zero-order chi connectivity index (χ0) is 11.4. The average molecular weight is 220 g/mol. The molecular formula is C12H20N4. The van der Waals surface area contributed by atoms with E-state index in [0.29, 0.717) is 0 Å². The van der Waals surface area contributed by atoms with Gasteiger partial charge in [-0.25, -0.2) is 0 Å². The van der Waals surface area contributed by atoms with E-state index in [4.69, 9.17) is 0 Å². The van der Waals surface area contributed by atoms with Crippen LogP contribution in [0.15, 0.2) is 12.1 Å². The molecule has 0 amide bonds. The Bertz CT molecular complexity index is 314. The van der Waals surface area contributed by atoms with Gasteiger partial charge in [0.15, 0.2) is 5.82 Å². The second-order valence-corrected chi connectivity index (χ2v) is 4.69. The van der Waals surface area contributed by atoms with Crippen molar-refractivity contribution in [2.45, 2.75) is 19.3 Å². The number of anilines is 1. The van der Waals surface area contributed by atoms with Crippen molar-refractivity contribution in [1.82, 2.24) is 15.5 Å². The van der Waals surface area contributed by atoms with E-state index in [1.165, 1.54) is 19.4 Å². The third-order valence-electron chi connectivity index (χ3n) is 3.06. The van der Waals surface area contributed by atoms with Crippen LogP contribution in [0.5, 0.6) is 0 Å². The quantitative estimate of drug-likeness (QED) is 0.827. The van der Waals surface area contributed by atoms with Crippen molar-refractivity contribution >= 4 is 5.82 Å². The van der Waals surface area contributed by atoms with E-state index < -0.39 is 0 Å². The van der Waals surface area contributed by atoms with Gasteiger partial charge in [0.05, 0.1) is 5.69 Å². The van der Waals surface area contributed by atoms with E-state index in [1.807, 2.05) is 25.1 Å². The van der Waals surface area contributed by atoms with E-state index in [-0.39, 0.29) is 0 Å². The summed E-state index contributed by atoms with van der Waals surface area (Å²) in [6.07, 6.45) is 3.64. The minimum atomic E-state index is 0.730. The second-order valence-electron chi connectivity index (χ2n) is 4.69. The Morgan fingerprint density at radius 2 is 2.25 bits per heavy atom. The Balaban J connectivity index is 1.93. The fourth-order valence-electron chi connectivity index (χ4n) is 2.09. The molecule has 2 rings (SSSR count). The molecule has 0 radical (unpaired) electrons. The normalized spacial score (nSPS) is 20.8. The van der Waals surface area contributed by atoms with Crippen LogP contribution >= 0.6 is 0 Å². The molecular weight excluding hydrogens is 200 g/mol. The maximum Gasteiger partial charge on any atom is 0.150 e. The maximum atomic E-state index is 4.27. The van der Waals surface area contributed by atoms with Gasteiger partial charge in [0.2, 0.25) is 0 Å². The van der Waals surface area contributed by atoms with Gasteiger partial charge >= 0.3 is 0 Å². The van der Waals surface area contributed by atoms with Gasteiger partial charge in [-0.1, -0.05) is 0 Å². The van der Waals surface area contributed by atoms with E-state index >= 15 is 0 Å². The van der Waals surface area contributed by atoms with Crippen LogP contribution < -0.4 is 10.2 Å². The van der Waals surface area contributed by atoms with Crippen molar-refractivity contribution in [1.29, 1.82) is 0 Å². The summed E-state index contributed by atoms with van der Waals surface area (Å²) < 4.78 is 0. The number of nitrogens with one attached hydrogen (secondary N) is 1. The first-order valence-electron chi connectivity index (χ1n) is 5.96. The van der Waals surface area contributed by atoms with Gasteiger partial charge in [0.25, 0.3) is 0 Å². The van der Waals surface area contributed by atoms with Crippen LogP contribution in [0.4, 0.5) is 5.82 Å². The maximum absolute atomic E-state index is 4.27. The molecule has 1 aromatic rings. The summed E-state index contributed by atoms with van der Waals surface area (Å²) in [5.74, 6) is 1.65. The largest absolute Gasteiger partial charge is 0.361 e. The Hall–Kier alpha value is -1.16. The van der Waals surface area contributed by atoms with Crippen molar-refractivity contribution in [2.24, 2.45) is 5.92 Å². The van der Waals surface area contributed by atoms with Gasteiger partial charge < -0.3 is 10.2 Å². The molecule has 88 valence electrons. The van der Waals surface area contributed by atoms with Crippen molar-refractivity contribution in [2.75, 3.05) is 32.1 Å². The number of hydrogen-bond acceptors (Lipinski definition) is 4. The molecule has 1 aromatic heterocycles. The topological polar surface area (TPSA) is 41.0 Å². The molecule has 0 bridgehead atoms. The minimum Gasteiger partial charge on any atom is -0.361 e. The molecule has 1 N–H and O–H groups in total. The van der Waals surface area contributed by atoms with Gasteiger partial charge in [-0.2, -0.15) is 5.10 Å². The molecule has 4 heteroatoms. The Morgan fingerprint density at radius 3 is 2.81 bits per heavy atom. The molecule has 1 aliphatic rings. The van der Waals surface area contributed by atoms with Gasteiger partial charge in [-0.05, 0) is 50.4 Å². The van der Waals surface area contributed by atoms with E-state index in [9.17, 15) is 0 Å². The lowest BCUT2D eigenvalue weighted by Crippen LogP contribution is -2.31. The molecule has 1 saturated heterocycles. The Morgan fingerprint density at radius 1 is 1.38 bits per heavy atom. The van der Waals surface area contributed by atoms with Gasteiger partial charge in [-0.3, -0.25) is 0 Å².